The van der Waals surface area contributed by atoms with Crippen LogP contribution in [0.4, 0.5) is 24.5 Å². The zero-order valence-electron chi connectivity index (χ0n) is 17.8. The highest BCUT2D eigenvalue weighted by molar-refractivity contribution is 6.27. The van der Waals surface area contributed by atoms with E-state index in [1.807, 2.05) is 11.0 Å². The number of hydrogen-bond acceptors (Lipinski definition) is 7. The quantitative estimate of drug-likeness (QED) is 0.452. The highest BCUT2D eigenvalue weighted by Gasteiger charge is 2.31. The van der Waals surface area contributed by atoms with E-state index in [2.05, 4.69) is 15.6 Å². The van der Waals surface area contributed by atoms with Crippen molar-refractivity contribution in [2.45, 2.75) is 12.7 Å². The van der Waals surface area contributed by atoms with Gasteiger partial charge in [0.1, 0.15) is 0 Å². The number of rotatable bonds is 6. The van der Waals surface area contributed by atoms with Gasteiger partial charge in [-0.3, -0.25) is 9.78 Å². The van der Waals surface area contributed by atoms with E-state index in [4.69, 9.17) is 24.5 Å². The van der Waals surface area contributed by atoms with Crippen LogP contribution in [0.5, 0.6) is 0 Å². The molecule has 0 aliphatic carbocycles. The Morgan fingerprint density at radius 2 is 1.76 bits per heavy atom. The molecule has 0 saturated carbocycles. The number of halogens is 3. The number of ether oxygens (including phenoxy) is 1. The van der Waals surface area contributed by atoms with Gasteiger partial charge >= 0.3 is 18.1 Å². The van der Waals surface area contributed by atoms with Crippen molar-refractivity contribution in [2.24, 2.45) is 0 Å². The number of aliphatic carboxylic acids is 2. The smallest absolute Gasteiger partial charge is 0.416 e. The Labute approximate surface area is 192 Å². The van der Waals surface area contributed by atoms with Crippen molar-refractivity contribution in [3.63, 3.8) is 0 Å². The lowest BCUT2D eigenvalue weighted by Crippen LogP contribution is -2.37. The van der Waals surface area contributed by atoms with E-state index in [1.165, 1.54) is 6.07 Å². The molecule has 13 heteroatoms. The van der Waals surface area contributed by atoms with Crippen LogP contribution >= 0.6 is 0 Å². The monoisotopic (exact) mass is 484 g/mol. The van der Waals surface area contributed by atoms with E-state index in [9.17, 15) is 18.0 Å². The molecule has 1 aromatic heterocycles. The second-order valence-corrected chi connectivity index (χ2v) is 6.95. The first-order chi connectivity index (χ1) is 16.1. The zero-order chi connectivity index (χ0) is 25.1. The van der Waals surface area contributed by atoms with Gasteiger partial charge in [0.25, 0.3) is 0 Å². The lowest BCUT2D eigenvalue weighted by molar-refractivity contribution is -0.159. The summed E-state index contributed by atoms with van der Waals surface area (Å²) in [5, 5.41) is 20.3. The Kier molecular flexibility index (Phi) is 9.76. The van der Waals surface area contributed by atoms with Gasteiger partial charge in [0.05, 0.1) is 36.7 Å². The maximum atomic E-state index is 13.1. The third-order valence-corrected chi connectivity index (χ3v) is 4.47. The molecule has 0 unspecified atom stereocenters. The highest BCUT2D eigenvalue weighted by Crippen LogP contribution is 2.35. The minimum absolute atomic E-state index is 0.0340. The number of aromatic nitrogens is 1. The van der Waals surface area contributed by atoms with Crippen LogP contribution in [-0.2, 0) is 31.8 Å². The molecule has 1 amide bonds. The predicted molar refractivity (Wildman–Crippen MR) is 114 cm³/mol. The number of alkyl halides is 3. The number of morpholine rings is 1. The van der Waals surface area contributed by atoms with Crippen LogP contribution in [0.15, 0.2) is 42.7 Å². The molecule has 34 heavy (non-hydrogen) atoms. The van der Waals surface area contributed by atoms with Gasteiger partial charge in [-0.2, -0.15) is 13.2 Å². The van der Waals surface area contributed by atoms with Crippen molar-refractivity contribution in [3.05, 3.63) is 53.9 Å². The summed E-state index contributed by atoms with van der Waals surface area (Å²) >= 11 is 0. The molecule has 1 saturated heterocycles. The van der Waals surface area contributed by atoms with Gasteiger partial charge in [0.2, 0.25) is 5.91 Å². The molecule has 0 radical (unpaired) electrons. The molecular weight excluding hydrogens is 461 g/mol. The number of carboxylic acid groups (broad SMARTS) is 2. The van der Waals surface area contributed by atoms with Crippen LogP contribution in [0, 0.1) is 0 Å². The van der Waals surface area contributed by atoms with Crippen molar-refractivity contribution < 1.29 is 42.5 Å². The SMILES string of the molecule is O=C(CNCc1cccnc1)Nc1cc(C(F)(F)F)ccc1N1CCOCC1.O=C(O)C(=O)O. The largest absolute Gasteiger partial charge is 0.473 e. The Bertz CT molecular complexity index is 970. The molecule has 1 aliphatic heterocycles. The van der Waals surface area contributed by atoms with Crippen molar-refractivity contribution >= 4 is 29.2 Å². The predicted octanol–water partition coefficient (Wildman–Crippen LogP) is 1.82. The maximum absolute atomic E-state index is 13.1. The molecule has 2 heterocycles. The van der Waals surface area contributed by atoms with Crippen molar-refractivity contribution in [1.29, 1.82) is 0 Å². The molecule has 1 fully saturated rings. The van der Waals surface area contributed by atoms with E-state index >= 15 is 0 Å². The van der Waals surface area contributed by atoms with E-state index in [0.717, 1.165) is 17.7 Å². The van der Waals surface area contributed by atoms with E-state index < -0.39 is 29.6 Å². The molecule has 3 rings (SSSR count). The lowest BCUT2D eigenvalue weighted by atomic mass is 10.1. The van der Waals surface area contributed by atoms with Crippen molar-refractivity contribution in [2.75, 3.05) is 43.1 Å². The Hall–Kier alpha value is -3.71. The molecule has 0 spiro atoms. The fourth-order valence-corrected chi connectivity index (χ4v) is 2.91. The molecular formula is C21H23F3N4O6. The average Bonchev–Trinajstić information content (AvgIpc) is 2.80. The number of benzene rings is 1. The first-order valence-corrected chi connectivity index (χ1v) is 9.97. The van der Waals surface area contributed by atoms with E-state index in [1.54, 1.807) is 18.5 Å². The second kappa shape index (κ2) is 12.5. The molecule has 4 N–H and O–H groups in total. The van der Waals surface area contributed by atoms with Crippen LogP contribution in [0.1, 0.15) is 11.1 Å². The Balaban J connectivity index is 0.000000604. The Morgan fingerprint density at radius 1 is 1.09 bits per heavy atom. The number of nitrogens with one attached hydrogen (secondary N) is 2. The molecule has 2 aromatic rings. The summed E-state index contributed by atoms with van der Waals surface area (Å²) in [5.74, 6) is -4.07. The average molecular weight is 484 g/mol. The molecule has 0 atom stereocenters. The maximum Gasteiger partial charge on any atom is 0.416 e. The van der Waals surface area contributed by atoms with Gasteiger partial charge < -0.3 is 30.5 Å². The summed E-state index contributed by atoms with van der Waals surface area (Å²) in [5.41, 5.74) is 0.799. The minimum Gasteiger partial charge on any atom is -0.473 e. The minimum atomic E-state index is -4.48. The molecule has 0 bridgehead atoms. The van der Waals surface area contributed by atoms with Gasteiger partial charge in [-0.05, 0) is 29.8 Å². The van der Waals surface area contributed by atoms with Gasteiger partial charge in [-0.15, -0.1) is 0 Å². The normalized spacial score (nSPS) is 13.4. The number of anilines is 2. The number of nitrogens with zero attached hydrogens (tertiary/aromatic N) is 2. The highest BCUT2D eigenvalue weighted by atomic mass is 19.4. The Morgan fingerprint density at radius 3 is 2.32 bits per heavy atom. The summed E-state index contributed by atoms with van der Waals surface area (Å²) in [4.78, 5) is 36.4. The fourth-order valence-electron chi connectivity index (χ4n) is 2.91. The molecule has 184 valence electrons. The lowest BCUT2D eigenvalue weighted by Gasteiger charge is -2.31. The number of hydrogen-bond donors (Lipinski definition) is 4. The number of pyridine rings is 1. The van der Waals surface area contributed by atoms with Crippen LogP contribution in [0.25, 0.3) is 0 Å². The first-order valence-electron chi connectivity index (χ1n) is 9.97. The summed E-state index contributed by atoms with van der Waals surface area (Å²) in [6, 6.07) is 7.05. The van der Waals surface area contributed by atoms with Crippen molar-refractivity contribution in [3.8, 4) is 0 Å². The van der Waals surface area contributed by atoms with Crippen LogP contribution in [0.2, 0.25) is 0 Å². The standard InChI is InChI=1S/C19H21F3N4O2.C2H2O4/c20-19(21,22)15-3-4-17(26-6-8-28-9-7-26)16(10-15)25-18(27)13-24-12-14-2-1-5-23-11-14;3-1(4)2(5)6/h1-5,10-11,24H,6-9,12-13H2,(H,25,27);(H,3,4)(H,5,6). The van der Waals surface area contributed by atoms with Gasteiger partial charge in [0.15, 0.2) is 0 Å². The van der Waals surface area contributed by atoms with Crippen LogP contribution in [0.3, 0.4) is 0 Å². The zero-order valence-corrected chi connectivity index (χ0v) is 17.8. The molecule has 1 aromatic carbocycles. The summed E-state index contributed by atoms with van der Waals surface area (Å²) < 4.78 is 44.6. The number of carbonyl (C=O) groups excluding carboxylic acids is 1. The second-order valence-electron chi connectivity index (χ2n) is 6.95. The van der Waals surface area contributed by atoms with E-state index in [0.29, 0.717) is 38.5 Å². The van der Waals surface area contributed by atoms with Gasteiger partial charge in [-0.25, -0.2) is 9.59 Å². The van der Waals surface area contributed by atoms with Gasteiger partial charge in [0, 0.05) is 32.0 Å². The number of carboxylic acids is 2. The third-order valence-electron chi connectivity index (χ3n) is 4.47. The first kappa shape index (κ1) is 26.5. The van der Waals surface area contributed by atoms with Crippen LogP contribution in [-0.4, -0.2) is 65.9 Å². The molecule has 1 aliphatic rings. The number of amides is 1. The number of carbonyl (C=O) groups is 3. The third kappa shape index (κ3) is 8.67. The summed E-state index contributed by atoms with van der Waals surface area (Å²) in [7, 11) is 0. The van der Waals surface area contributed by atoms with E-state index in [-0.39, 0.29) is 12.2 Å². The summed E-state index contributed by atoms with van der Waals surface area (Å²) in [6.45, 7) is 2.47. The van der Waals surface area contributed by atoms with Crippen molar-refractivity contribution in [1.82, 2.24) is 10.3 Å². The molecule has 10 nitrogen and oxygen atoms in total. The topological polar surface area (TPSA) is 141 Å². The van der Waals surface area contributed by atoms with Gasteiger partial charge in [-0.1, -0.05) is 6.07 Å². The fraction of sp³-hybridized carbons (Fsp3) is 0.333. The van der Waals surface area contributed by atoms with Crippen LogP contribution < -0.4 is 15.5 Å². The summed E-state index contributed by atoms with van der Waals surface area (Å²) in [6.07, 6.45) is -1.16.